The van der Waals surface area contributed by atoms with Gasteiger partial charge in [-0.05, 0) is 12.1 Å². The molecular weight excluding hydrogens is 280 g/mol. The maximum Gasteiger partial charge on any atom is 0.357 e. The number of halogens is 1. The van der Waals surface area contributed by atoms with Crippen LogP contribution in [-0.4, -0.2) is 32.3 Å². The van der Waals surface area contributed by atoms with Gasteiger partial charge in [0.15, 0.2) is 5.69 Å². The number of hydrogen-bond acceptors (Lipinski definition) is 3. The van der Waals surface area contributed by atoms with Crippen LogP contribution >= 0.6 is 15.9 Å². The van der Waals surface area contributed by atoms with E-state index in [0.29, 0.717) is 9.99 Å². The number of nitrogens with one attached hydrogen (secondary N) is 1. The van der Waals surface area contributed by atoms with E-state index in [-0.39, 0.29) is 16.6 Å². The molecule has 0 bridgehead atoms. The number of hydrogen-bond donors (Lipinski definition) is 3. The highest BCUT2D eigenvalue weighted by Crippen LogP contribution is 2.25. The fourth-order valence-electron chi connectivity index (χ4n) is 1.45. The Morgan fingerprint density at radius 2 is 1.94 bits per heavy atom. The molecule has 0 radical (unpaired) electrons. The molecule has 0 aliphatic carbocycles. The molecule has 7 heteroatoms. The Bertz CT molecular complexity index is 605. The Balaban J connectivity index is 2.90. The zero-order chi connectivity index (χ0) is 11.9. The number of carboxylic acids is 2. The van der Waals surface area contributed by atoms with Crippen molar-refractivity contribution in [2.75, 3.05) is 0 Å². The Labute approximate surface area is 97.0 Å². The maximum atomic E-state index is 11.0. The number of benzene rings is 1. The van der Waals surface area contributed by atoms with E-state index in [0.717, 1.165) is 0 Å². The molecule has 1 aromatic heterocycles. The number of carbonyl (C=O) groups is 2. The minimum Gasteiger partial charge on any atom is -0.478 e. The summed E-state index contributed by atoms with van der Waals surface area (Å²) in [6, 6.07) is 2.91. The molecule has 0 unspecified atom stereocenters. The van der Waals surface area contributed by atoms with Crippen LogP contribution in [0.4, 0.5) is 0 Å². The van der Waals surface area contributed by atoms with Gasteiger partial charge in [0, 0.05) is 9.86 Å². The standard InChI is InChI=1S/C9H5BrN2O4/c10-3-1-4(8(13)14)6-5(2-3)11-12-7(6)9(15)16/h1-2H,(H,11,12)(H,13,14)(H,15,16). The summed E-state index contributed by atoms with van der Waals surface area (Å²) in [5.74, 6) is -2.47. The van der Waals surface area contributed by atoms with E-state index in [2.05, 4.69) is 26.1 Å². The first-order valence-electron chi connectivity index (χ1n) is 4.15. The predicted octanol–water partition coefficient (Wildman–Crippen LogP) is 1.72. The summed E-state index contributed by atoms with van der Waals surface area (Å²) < 4.78 is 0.540. The van der Waals surface area contributed by atoms with Crippen LogP contribution < -0.4 is 0 Å². The van der Waals surface area contributed by atoms with Crippen LogP contribution in [0.2, 0.25) is 0 Å². The van der Waals surface area contributed by atoms with Crippen LogP contribution in [0.1, 0.15) is 20.8 Å². The monoisotopic (exact) mass is 284 g/mol. The molecule has 2 rings (SSSR count). The number of aromatic carboxylic acids is 2. The number of aromatic nitrogens is 2. The zero-order valence-corrected chi connectivity index (χ0v) is 9.28. The Hall–Kier alpha value is -1.89. The molecule has 0 saturated carbocycles. The van der Waals surface area contributed by atoms with Crippen LogP contribution in [0, 0.1) is 0 Å². The van der Waals surface area contributed by atoms with E-state index >= 15 is 0 Å². The van der Waals surface area contributed by atoms with Crippen LogP contribution in [0.3, 0.4) is 0 Å². The average molecular weight is 285 g/mol. The molecule has 3 N–H and O–H groups in total. The van der Waals surface area contributed by atoms with Crippen molar-refractivity contribution in [2.24, 2.45) is 0 Å². The highest BCUT2D eigenvalue weighted by Gasteiger charge is 2.20. The van der Waals surface area contributed by atoms with Gasteiger partial charge in [0.25, 0.3) is 0 Å². The van der Waals surface area contributed by atoms with Gasteiger partial charge in [-0.3, -0.25) is 5.10 Å². The minimum absolute atomic E-state index is 0.100. The molecule has 16 heavy (non-hydrogen) atoms. The molecule has 1 aromatic carbocycles. The molecule has 0 aliphatic rings. The first-order chi connectivity index (χ1) is 7.50. The number of aromatic amines is 1. The van der Waals surface area contributed by atoms with Gasteiger partial charge in [-0.1, -0.05) is 15.9 Å². The van der Waals surface area contributed by atoms with Gasteiger partial charge in [0.1, 0.15) is 0 Å². The molecule has 0 atom stereocenters. The van der Waals surface area contributed by atoms with Gasteiger partial charge < -0.3 is 10.2 Å². The summed E-state index contributed by atoms with van der Waals surface area (Å²) >= 11 is 3.14. The van der Waals surface area contributed by atoms with Crippen LogP contribution in [0.5, 0.6) is 0 Å². The fraction of sp³-hybridized carbons (Fsp3) is 0. The molecule has 0 spiro atoms. The molecule has 2 aromatic rings. The van der Waals surface area contributed by atoms with Crippen molar-refractivity contribution >= 4 is 38.8 Å². The summed E-state index contributed by atoms with van der Waals surface area (Å²) in [7, 11) is 0. The van der Waals surface area contributed by atoms with Crippen molar-refractivity contribution in [3.05, 3.63) is 27.9 Å². The van der Waals surface area contributed by atoms with Crippen LogP contribution in [0.25, 0.3) is 10.9 Å². The summed E-state index contributed by atoms with van der Waals surface area (Å²) in [4.78, 5) is 21.8. The van der Waals surface area contributed by atoms with Gasteiger partial charge in [0.05, 0.1) is 11.1 Å². The van der Waals surface area contributed by atoms with Gasteiger partial charge >= 0.3 is 11.9 Å². The smallest absolute Gasteiger partial charge is 0.357 e. The summed E-state index contributed by atoms with van der Waals surface area (Å²) in [6.07, 6.45) is 0. The summed E-state index contributed by atoms with van der Waals surface area (Å²) in [5.41, 5.74) is -0.0281. The SMILES string of the molecule is O=C(O)c1cc(Br)cc2[nH]nc(C(=O)O)c12. The summed E-state index contributed by atoms with van der Waals surface area (Å²) in [6.45, 7) is 0. The molecule has 0 fully saturated rings. The first-order valence-corrected chi connectivity index (χ1v) is 4.94. The van der Waals surface area contributed by atoms with Gasteiger partial charge in [-0.15, -0.1) is 0 Å². The van der Waals surface area contributed by atoms with Crippen molar-refractivity contribution in [1.29, 1.82) is 0 Å². The van der Waals surface area contributed by atoms with Crippen molar-refractivity contribution in [3.8, 4) is 0 Å². The number of carboxylic acid groups (broad SMARTS) is 2. The third-order valence-corrected chi connectivity index (χ3v) is 2.52. The van der Waals surface area contributed by atoms with Crippen molar-refractivity contribution in [3.63, 3.8) is 0 Å². The predicted molar refractivity (Wildman–Crippen MR) is 57.7 cm³/mol. The highest BCUT2D eigenvalue weighted by atomic mass is 79.9. The van der Waals surface area contributed by atoms with E-state index in [9.17, 15) is 9.59 Å². The van der Waals surface area contributed by atoms with E-state index in [1.165, 1.54) is 6.07 Å². The molecule has 0 amide bonds. The quantitative estimate of drug-likeness (QED) is 0.779. The minimum atomic E-state index is -1.27. The van der Waals surface area contributed by atoms with Crippen LogP contribution in [-0.2, 0) is 0 Å². The van der Waals surface area contributed by atoms with Crippen molar-refractivity contribution in [1.82, 2.24) is 10.2 Å². The molecule has 1 heterocycles. The molecule has 82 valence electrons. The van der Waals surface area contributed by atoms with Gasteiger partial charge in [-0.2, -0.15) is 5.10 Å². The lowest BCUT2D eigenvalue weighted by Crippen LogP contribution is -2.02. The molecule has 0 aliphatic heterocycles. The molecule has 6 nitrogen and oxygen atoms in total. The van der Waals surface area contributed by atoms with E-state index in [4.69, 9.17) is 10.2 Å². The van der Waals surface area contributed by atoms with E-state index in [1.54, 1.807) is 6.07 Å². The number of nitrogens with zero attached hydrogens (tertiary/aromatic N) is 1. The molecule has 0 saturated heterocycles. The lowest BCUT2D eigenvalue weighted by Gasteiger charge is -1.99. The first kappa shape index (κ1) is 10.6. The second-order valence-electron chi connectivity index (χ2n) is 3.06. The second kappa shape index (κ2) is 3.60. The Morgan fingerprint density at radius 3 is 2.50 bits per heavy atom. The van der Waals surface area contributed by atoms with Crippen molar-refractivity contribution in [2.45, 2.75) is 0 Å². The van der Waals surface area contributed by atoms with Crippen LogP contribution in [0.15, 0.2) is 16.6 Å². The number of rotatable bonds is 2. The third kappa shape index (κ3) is 1.54. The largest absolute Gasteiger partial charge is 0.478 e. The topological polar surface area (TPSA) is 103 Å². The highest BCUT2D eigenvalue weighted by molar-refractivity contribution is 9.10. The normalized spacial score (nSPS) is 10.6. The van der Waals surface area contributed by atoms with E-state index < -0.39 is 11.9 Å². The third-order valence-electron chi connectivity index (χ3n) is 2.06. The second-order valence-corrected chi connectivity index (χ2v) is 3.97. The zero-order valence-electron chi connectivity index (χ0n) is 7.69. The van der Waals surface area contributed by atoms with E-state index in [1.807, 2.05) is 0 Å². The van der Waals surface area contributed by atoms with Gasteiger partial charge in [0.2, 0.25) is 0 Å². The number of H-pyrrole nitrogens is 1. The lowest BCUT2D eigenvalue weighted by atomic mass is 10.1. The Morgan fingerprint density at radius 1 is 1.25 bits per heavy atom. The fourth-order valence-corrected chi connectivity index (χ4v) is 1.90. The average Bonchev–Trinajstić information content (AvgIpc) is 2.59. The molecular formula is C9H5BrN2O4. The van der Waals surface area contributed by atoms with Crippen molar-refractivity contribution < 1.29 is 19.8 Å². The lowest BCUT2D eigenvalue weighted by molar-refractivity contribution is 0.0691. The van der Waals surface area contributed by atoms with Gasteiger partial charge in [-0.25, -0.2) is 9.59 Å². The summed E-state index contributed by atoms with van der Waals surface area (Å²) in [5, 5.41) is 24.0. The number of fused-ring (bicyclic) bond motifs is 1. The maximum absolute atomic E-state index is 11.0. The Kier molecular flexibility index (Phi) is 2.39.